The molecule has 0 saturated carbocycles. The molecule has 0 spiro atoms. The summed E-state index contributed by atoms with van der Waals surface area (Å²) >= 11 is 0. The van der Waals surface area contributed by atoms with Crippen LogP contribution in [-0.2, 0) is 0 Å². The van der Waals surface area contributed by atoms with Crippen LogP contribution in [0.5, 0.6) is 0 Å². The molecule has 0 amide bonds. The smallest absolute Gasteiger partial charge is 0.0292 e. The minimum Gasteiger partial charge on any atom is -0.309 e. The summed E-state index contributed by atoms with van der Waals surface area (Å²) in [6.45, 7) is 8.88. The van der Waals surface area contributed by atoms with Gasteiger partial charge in [-0.1, -0.05) is 37.3 Å². The molecular formula is C15H26N2. The van der Waals surface area contributed by atoms with E-state index in [0.29, 0.717) is 12.1 Å². The summed E-state index contributed by atoms with van der Waals surface area (Å²) in [5.41, 5.74) is 1.36. The molecule has 1 aromatic rings. The molecule has 1 aromatic carbocycles. The molecule has 0 fully saturated rings. The third-order valence-corrected chi connectivity index (χ3v) is 3.56. The Kier molecular flexibility index (Phi) is 6.23. The van der Waals surface area contributed by atoms with Crippen LogP contribution in [0.15, 0.2) is 30.3 Å². The summed E-state index contributed by atoms with van der Waals surface area (Å²) in [6, 6.07) is 11.7. The van der Waals surface area contributed by atoms with E-state index in [1.54, 1.807) is 0 Å². The molecule has 0 aliphatic rings. The summed E-state index contributed by atoms with van der Waals surface area (Å²) in [5.74, 6) is 0. The summed E-state index contributed by atoms with van der Waals surface area (Å²) < 4.78 is 0. The Labute approximate surface area is 106 Å². The zero-order chi connectivity index (χ0) is 12.7. The fourth-order valence-corrected chi connectivity index (χ4v) is 1.85. The molecule has 0 bridgehead atoms. The second-order valence-corrected chi connectivity index (χ2v) is 4.82. The Bertz CT molecular complexity index is 297. The molecule has 1 N–H and O–H groups in total. The number of benzene rings is 1. The van der Waals surface area contributed by atoms with Gasteiger partial charge in [0, 0.05) is 25.2 Å². The van der Waals surface area contributed by atoms with Crippen molar-refractivity contribution in [2.75, 3.05) is 20.1 Å². The lowest BCUT2D eigenvalue weighted by Gasteiger charge is -2.24. The zero-order valence-electron chi connectivity index (χ0n) is 11.6. The fraction of sp³-hybridized carbons (Fsp3) is 0.600. The Hall–Kier alpha value is -0.860. The Morgan fingerprint density at radius 3 is 2.41 bits per heavy atom. The summed E-state index contributed by atoms with van der Waals surface area (Å²) in [7, 11) is 2.20. The van der Waals surface area contributed by atoms with Crippen LogP contribution in [0, 0.1) is 0 Å². The van der Waals surface area contributed by atoms with Gasteiger partial charge in [0.05, 0.1) is 0 Å². The van der Waals surface area contributed by atoms with Gasteiger partial charge in [-0.3, -0.25) is 0 Å². The summed E-state index contributed by atoms with van der Waals surface area (Å²) in [6.07, 6.45) is 1.21. The van der Waals surface area contributed by atoms with Gasteiger partial charge in [-0.15, -0.1) is 0 Å². The highest BCUT2D eigenvalue weighted by molar-refractivity contribution is 5.17. The van der Waals surface area contributed by atoms with Crippen molar-refractivity contribution in [3.8, 4) is 0 Å². The molecule has 0 aromatic heterocycles. The molecule has 2 heteroatoms. The van der Waals surface area contributed by atoms with Crippen molar-refractivity contribution in [1.82, 2.24) is 10.2 Å². The Morgan fingerprint density at radius 1 is 1.18 bits per heavy atom. The Morgan fingerprint density at radius 2 is 1.82 bits per heavy atom. The van der Waals surface area contributed by atoms with Crippen LogP contribution in [0.1, 0.15) is 38.8 Å². The highest BCUT2D eigenvalue weighted by atomic mass is 15.1. The molecule has 0 heterocycles. The van der Waals surface area contributed by atoms with Gasteiger partial charge in [-0.05, 0) is 32.9 Å². The van der Waals surface area contributed by atoms with E-state index in [0.717, 1.165) is 13.1 Å². The van der Waals surface area contributed by atoms with E-state index in [1.807, 2.05) is 0 Å². The van der Waals surface area contributed by atoms with Crippen LogP contribution in [0.4, 0.5) is 0 Å². The fourth-order valence-electron chi connectivity index (χ4n) is 1.85. The molecule has 2 atom stereocenters. The van der Waals surface area contributed by atoms with Crippen LogP contribution >= 0.6 is 0 Å². The first kappa shape index (κ1) is 14.2. The van der Waals surface area contributed by atoms with Crippen molar-refractivity contribution in [1.29, 1.82) is 0 Å². The molecule has 17 heavy (non-hydrogen) atoms. The predicted octanol–water partition coefficient (Wildman–Crippen LogP) is 3.07. The van der Waals surface area contributed by atoms with Crippen molar-refractivity contribution in [2.45, 2.75) is 39.3 Å². The van der Waals surface area contributed by atoms with E-state index in [4.69, 9.17) is 0 Å². The zero-order valence-corrected chi connectivity index (χ0v) is 11.6. The first-order chi connectivity index (χ1) is 8.15. The molecule has 0 radical (unpaired) electrons. The first-order valence-corrected chi connectivity index (χ1v) is 6.63. The normalized spacial score (nSPS) is 14.9. The molecule has 2 unspecified atom stereocenters. The number of hydrogen-bond donors (Lipinski definition) is 1. The molecule has 0 aliphatic carbocycles. The quantitative estimate of drug-likeness (QED) is 0.780. The van der Waals surface area contributed by atoms with Gasteiger partial charge in [-0.25, -0.2) is 0 Å². The van der Waals surface area contributed by atoms with Gasteiger partial charge in [0.15, 0.2) is 0 Å². The number of nitrogens with zero attached hydrogens (tertiary/aromatic N) is 1. The van der Waals surface area contributed by atoms with Crippen molar-refractivity contribution in [3.63, 3.8) is 0 Å². The van der Waals surface area contributed by atoms with Crippen LogP contribution in [0.2, 0.25) is 0 Å². The van der Waals surface area contributed by atoms with E-state index in [-0.39, 0.29) is 0 Å². The van der Waals surface area contributed by atoms with Crippen molar-refractivity contribution < 1.29 is 0 Å². The topological polar surface area (TPSA) is 15.3 Å². The van der Waals surface area contributed by atoms with E-state index in [2.05, 4.69) is 68.4 Å². The van der Waals surface area contributed by atoms with Crippen molar-refractivity contribution >= 4 is 0 Å². The van der Waals surface area contributed by atoms with Gasteiger partial charge in [0.1, 0.15) is 0 Å². The minimum absolute atomic E-state index is 0.432. The predicted molar refractivity (Wildman–Crippen MR) is 75.2 cm³/mol. The van der Waals surface area contributed by atoms with Gasteiger partial charge in [0.25, 0.3) is 0 Å². The van der Waals surface area contributed by atoms with Crippen LogP contribution in [0.25, 0.3) is 0 Å². The third-order valence-electron chi connectivity index (χ3n) is 3.56. The maximum Gasteiger partial charge on any atom is 0.0292 e. The van der Waals surface area contributed by atoms with Crippen molar-refractivity contribution in [3.05, 3.63) is 35.9 Å². The number of likely N-dealkylation sites (N-methyl/N-ethyl adjacent to an activating group) is 1. The van der Waals surface area contributed by atoms with E-state index in [9.17, 15) is 0 Å². The second kappa shape index (κ2) is 7.46. The first-order valence-electron chi connectivity index (χ1n) is 6.63. The maximum absolute atomic E-state index is 3.57. The molecule has 2 nitrogen and oxygen atoms in total. The van der Waals surface area contributed by atoms with Gasteiger partial charge >= 0.3 is 0 Å². The number of nitrogens with one attached hydrogen (secondary N) is 1. The molecule has 96 valence electrons. The molecular weight excluding hydrogens is 208 g/mol. The SMILES string of the molecule is CCC(C)N(C)CCNC(C)c1ccccc1. The highest BCUT2D eigenvalue weighted by Crippen LogP contribution is 2.10. The average Bonchev–Trinajstić information content (AvgIpc) is 2.38. The van der Waals surface area contributed by atoms with E-state index < -0.39 is 0 Å². The van der Waals surface area contributed by atoms with Crippen LogP contribution in [-0.4, -0.2) is 31.1 Å². The number of hydrogen-bond acceptors (Lipinski definition) is 2. The highest BCUT2D eigenvalue weighted by Gasteiger charge is 2.07. The average molecular weight is 234 g/mol. The Balaban J connectivity index is 2.27. The van der Waals surface area contributed by atoms with Crippen molar-refractivity contribution in [2.24, 2.45) is 0 Å². The van der Waals surface area contributed by atoms with E-state index in [1.165, 1.54) is 12.0 Å². The van der Waals surface area contributed by atoms with Gasteiger partial charge in [0.2, 0.25) is 0 Å². The van der Waals surface area contributed by atoms with E-state index >= 15 is 0 Å². The lowest BCUT2D eigenvalue weighted by molar-refractivity contribution is 0.249. The second-order valence-electron chi connectivity index (χ2n) is 4.82. The lowest BCUT2D eigenvalue weighted by Crippen LogP contribution is -2.35. The maximum atomic E-state index is 3.57. The third kappa shape index (κ3) is 4.88. The lowest BCUT2D eigenvalue weighted by atomic mass is 10.1. The molecule has 0 aliphatic heterocycles. The summed E-state index contributed by atoms with van der Waals surface area (Å²) in [4.78, 5) is 2.41. The van der Waals surface area contributed by atoms with Gasteiger partial charge < -0.3 is 10.2 Å². The summed E-state index contributed by atoms with van der Waals surface area (Å²) in [5, 5.41) is 3.57. The standard InChI is InChI=1S/C15H26N2/c1-5-13(2)17(4)12-11-16-14(3)15-9-7-6-8-10-15/h6-10,13-14,16H,5,11-12H2,1-4H3. The largest absolute Gasteiger partial charge is 0.309 e. The van der Waals surface area contributed by atoms with Gasteiger partial charge in [-0.2, -0.15) is 0 Å². The molecule has 0 saturated heterocycles. The monoisotopic (exact) mass is 234 g/mol. The molecule has 1 rings (SSSR count). The van der Waals surface area contributed by atoms with Crippen LogP contribution < -0.4 is 5.32 Å². The number of rotatable bonds is 7. The minimum atomic E-state index is 0.432. The van der Waals surface area contributed by atoms with Crippen LogP contribution in [0.3, 0.4) is 0 Å².